The highest BCUT2D eigenvalue weighted by molar-refractivity contribution is 5.83. The minimum Gasteiger partial charge on any atom is -0.361 e. The Hall–Kier alpha value is -1.35. The summed E-state index contributed by atoms with van der Waals surface area (Å²) in [5.41, 5.74) is 2.21. The van der Waals surface area contributed by atoms with Gasteiger partial charge in [0.05, 0.1) is 0 Å². The number of benzene rings is 1. The molecule has 1 fully saturated rings. The lowest BCUT2D eigenvalue weighted by molar-refractivity contribution is 0.582. The van der Waals surface area contributed by atoms with Gasteiger partial charge in [-0.15, -0.1) is 0 Å². The van der Waals surface area contributed by atoms with Gasteiger partial charge in [0.2, 0.25) is 0 Å². The largest absolute Gasteiger partial charge is 0.361 e. The zero-order chi connectivity index (χ0) is 11.0. The molecule has 0 radical (unpaired) electrons. The fraction of sp³-hybridized carbons (Fsp3) is 0.385. The van der Waals surface area contributed by atoms with Gasteiger partial charge in [0, 0.05) is 17.1 Å². The van der Waals surface area contributed by atoms with Crippen molar-refractivity contribution in [3.8, 4) is 0 Å². The van der Waals surface area contributed by atoms with Crippen molar-refractivity contribution in [3.05, 3.63) is 35.8 Å². The van der Waals surface area contributed by atoms with Crippen LogP contribution in [-0.4, -0.2) is 18.1 Å². The molecule has 1 aliphatic heterocycles. The van der Waals surface area contributed by atoms with E-state index in [1.165, 1.54) is 18.1 Å². The highest BCUT2D eigenvalue weighted by atomic mass is 19.1. The van der Waals surface area contributed by atoms with E-state index in [9.17, 15) is 4.39 Å². The fourth-order valence-electron chi connectivity index (χ4n) is 2.53. The van der Waals surface area contributed by atoms with E-state index in [0.29, 0.717) is 0 Å². The van der Waals surface area contributed by atoms with Crippen LogP contribution in [0.4, 0.5) is 4.39 Å². The maximum absolute atomic E-state index is 13.0. The molecule has 1 saturated heterocycles. The Morgan fingerprint density at radius 3 is 3.12 bits per heavy atom. The summed E-state index contributed by atoms with van der Waals surface area (Å²) in [6.45, 7) is 2.23. The molecule has 0 aliphatic carbocycles. The maximum atomic E-state index is 13.0. The SMILES string of the molecule is Fc1ccc2c(CC3CCNC3)c[nH]c2c1. The quantitative estimate of drug-likeness (QED) is 0.796. The summed E-state index contributed by atoms with van der Waals surface area (Å²) in [7, 11) is 0. The molecule has 3 heteroatoms. The van der Waals surface area contributed by atoms with E-state index in [0.717, 1.165) is 36.3 Å². The van der Waals surface area contributed by atoms with E-state index in [1.54, 1.807) is 6.07 Å². The van der Waals surface area contributed by atoms with Crippen LogP contribution < -0.4 is 5.32 Å². The first-order valence-corrected chi connectivity index (χ1v) is 5.79. The fourth-order valence-corrected chi connectivity index (χ4v) is 2.53. The van der Waals surface area contributed by atoms with Crippen LogP contribution in [0.5, 0.6) is 0 Å². The smallest absolute Gasteiger partial charge is 0.125 e. The first kappa shape index (κ1) is 9.85. The minimum absolute atomic E-state index is 0.177. The number of rotatable bonds is 2. The molecule has 1 aromatic carbocycles. The molecule has 2 nitrogen and oxygen atoms in total. The van der Waals surface area contributed by atoms with Gasteiger partial charge in [0.25, 0.3) is 0 Å². The van der Waals surface area contributed by atoms with Gasteiger partial charge in [0.15, 0.2) is 0 Å². The topological polar surface area (TPSA) is 27.8 Å². The van der Waals surface area contributed by atoms with Gasteiger partial charge in [-0.1, -0.05) is 0 Å². The molecule has 16 heavy (non-hydrogen) atoms. The number of aromatic amines is 1. The van der Waals surface area contributed by atoms with Crippen LogP contribution in [0.1, 0.15) is 12.0 Å². The third-order valence-electron chi connectivity index (χ3n) is 3.40. The summed E-state index contributed by atoms with van der Waals surface area (Å²) < 4.78 is 13.0. The Morgan fingerprint density at radius 1 is 1.38 bits per heavy atom. The number of aromatic nitrogens is 1. The lowest BCUT2D eigenvalue weighted by Gasteiger charge is -2.06. The summed E-state index contributed by atoms with van der Waals surface area (Å²) >= 11 is 0. The summed E-state index contributed by atoms with van der Waals surface area (Å²) in [4.78, 5) is 3.14. The zero-order valence-electron chi connectivity index (χ0n) is 9.09. The van der Waals surface area contributed by atoms with E-state index >= 15 is 0 Å². The Labute approximate surface area is 93.9 Å². The third kappa shape index (κ3) is 1.71. The summed E-state index contributed by atoms with van der Waals surface area (Å²) in [6.07, 6.45) is 4.34. The van der Waals surface area contributed by atoms with Crippen LogP contribution in [0.2, 0.25) is 0 Å². The number of fused-ring (bicyclic) bond motifs is 1. The second-order valence-electron chi connectivity index (χ2n) is 4.57. The third-order valence-corrected chi connectivity index (χ3v) is 3.40. The molecule has 0 amide bonds. The van der Waals surface area contributed by atoms with Crippen LogP contribution >= 0.6 is 0 Å². The zero-order valence-corrected chi connectivity index (χ0v) is 9.09. The Balaban J connectivity index is 1.91. The van der Waals surface area contributed by atoms with Crippen molar-refractivity contribution >= 4 is 10.9 Å². The van der Waals surface area contributed by atoms with E-state index in [4.69, 9.17) is 0 Å². The number of nitrogens with one attached hydrogen (secondary N) is 2. The van der Waals surface area contributed by atoms with E-state index in [1.807, 2.05) is 12.3 Å². The number of hydrogen-bond donors (Lipinski definition) is 2. The van der Waals surface area contributed by atoms with Crippen molar-refractivity contribution in [1.29, 1.82) is 0 Å². The monoisotopic (exact) mass is 218 g/mol. The first-order chi connectivity index (χ1) is 7.83. The number of H-pyrrole nitrogens is 1. The van der Waals surface area contributed by atoms with Crippen molar-refractivity contribution in [1.82, 2.24) is 10.3 Å². The molecular formula is C13H15FN2. The van der Waals surface area contributed by atoms with Crippen LogP contribution in [-0.2, 0) is 6.42 Å². The van der Waals surface area contributed by atoms with Gasteiger partial charge in [0.1, 0.15) is 5.82 Å². The number of hydrogen-bond acceptors (Lipinski definition) is 1. The summed E-state index contributed by atoms with van der Waals surface area (Å²) in [5.74, 6) is 0.549. The molecule has 3 rings (SSSR count). The van der Waals surface area contributed by atoms with E-state index in [2.05, 4.69) is 10.3 Å². The highest BCUT2D eigenvalue weighted by Gasteiger charge is 2.16. The van der Waals surface area contributed by atoms with Crippen molar-refractivity contribution in [2.75, 3.05) is 13.1 Å². The molecule has 0 bridgehead atoms. The van der Waals surface area contributed by atoms with Crippen LogP contribution in [0.15, 0.2) is 24.4 Å². The minimum atomic E-state index is -0.177. The Morgan fingerprint density at radius 2 is 2.31 bits per heavy atom. The highest BCUT2D eigenvalue weighted by Crippen LogP contribution is 2.23. The lowest BCUT2D eigenvalue weighted by Crippen LogP contribution is -2.10. The summed E-state index contributed by atoms with van der Waals surface area (Å²) in [5, 5.41) is 4.53. The molecule has 0 saturated carbocycles. The molecule has 1 aliphatic rings. The van der Waals surface area contributed by atoms with Crippen LogP contribution in [0, 0.1) is 11.7 Å². The van der Waals surface area contributed by atoms with E-state index < -0.39 is 0 Å². The van der Waals surface area contributed by atoms with E-state index in [-0.39, 0.29) is 5.82 Å². The van der Waals surface area contributed by atoms with Crippen molar-refractivity contribution in [3.63, 3.8) is 0 Å². The normalized spacial score (nSPS) is 20.7. The maximum Gasteiger partial charge on any atom is 0.125 e. The van der Waals surface area contributed by atoms with Gasteiger partial charge < -0.3 is 10.3 Å². The van der Waals surface area contributed by atoms with Gasteiger partial charge in [-0.25, -0.2) is 4.39 Å². The van der Waals surface area contributed by atoms with Gasteiger partial charge in [-0.05, 0) is 55.6 Å². The molecule has 2 aromatic rings. The Kier molecular flexibility index (Phi) is 2.40. The molecule has 1 unspecified atom stereocenters. The first-order valence-electron chi connectivity index (χ1n) is 5.79. The average molecular weight is 218 g/mol. The van der Waals surface area contributed by atoms with Gasteiger partial charge >= 0.3 is 0 Å². The predicted octanol–water partition coefficient (Wildman–Crippen LogP) is 2.46. The van der Waals surface area contributed by atoms with Crippen LogP contribution in [0.3, 0.4) is 0 Å². The second kappa shape index (κ2) is 3.91. The predicted molar refractivity (Wildman–Crippen MR) is 62.9 cm³/mol. The Bertz CT molecular complexity index is 498. The standard InChI is InChI=1S/C13H15FN2/c14-11-1-2-12-10(8-16-13(12)6-11)5-9-3-4-15-7-9/h1-2,6,8-9,15-16H,3-5,7H2. The van der Waals surface area contributed by atoms with Gasteiger partial charge in [-0.2, -0.15) is 0 Å². The summed E-state index contributed by atoms with van der Waals surface area (Å²) in [6, 6.07) is 4.97. The molecular weight excluding hydrogens is 203 g/mol. The van der Waals surface area contributed by atoms with Crippen molar-refractivity contribution in [2.45, 2.75) is 12.8 Å². The van der Waals surface area contributed by atoms with Crippen molar-refractivity contribution in [2.24, 2.45) is 5.92 Å². The van der Waals surface area contributed by atoms with Crippen LogP contribution in [0.25, 0.3) is 10.9 Å². The molecule has 2 heterocycles. The molecule has 1 atom stereocenters. The molecule has 0 spiro atoms. The molecule has 84 valence electrons. The lowest BCUT2D eigenvalue weighted by atomic mass is 9.98. The molecule has 2 N–H and O–H groups in total. The second-order valence-corrected chi connectivity index (χ2v) is 4.57. The number of halogens is 1. The van der Waals surface area contributed by atoms with Crippen molar-refractivity contribution < 1.29 is 4.39 Å². The van der Waals surface area contributed by atoms with Gasteiger partial charge in [-0.3, -0.25) is 0 Å². The average Bonchev–Trinajstić information content (AvgIpc) is 2.89. The molecule has 1 aromatic heterocycles.